The molecule has 32 heavy (non-hydrogen) atoms. The van der Waals surface area contributed by atoms with Gasteiger partial charge >= 0.3 is 5.97 Å². The molecule has 0 unspecified atom stereocenters. The van der Waals surface area contributed by atoms with Crippen LogP contribution in [0.2, 0.25) is 0 Å². The Balaban J connectivity index is 1.53. The van der Waals surface area contributed by atoms with Gasteiger partial charge in [0.15, 0.2) is 5.60 Å². The van der Waals surface area contributed by atoms with Crippen LogP contribution in [0.4, 0.5) is 0 Å². The van der Waals surface area contributed by atoms with E-state index < -0.39 is 11.6 Å². The second-order valence-corrected chi connectivity index (χ2v) is 9.58. The molecular formula is C26H37NO5. The van der Waals surface area contributed by atoms with Crippen LogP contribution in [-0.2, 0) is 27.3 Å². The van der Waals surface area contributed by atoms with Crippen molar-refractivity contribution in [3.8, 4) is 11.5 Å². The summed E-state index contributed by atoms with van der Waals surface area (Å²) in [5.41, 5.74) is 3.20. The predicted octanol–water partition coefficient (Wildman–Crippen LogP) is 5.72. The smallest absolute Gasteiger partial charge is 0.335 e. The summed E-state index contributed by atoms with van der Waals surface area (Å²) in [6, 6.07) is 6.26. The molecule has 0 bridgehead atoms. The number of hydrogen-bond acceptors (Lipinski definition) is 5. The number of ether oxygens (including phenoxy) is 2. The first-order valence-electron chi connectivity index (χ1n) is 11.7. The van der Waals surface area contributed by atoms with Crippen molar-refractivity contribution in [2.75, 3.05) is 13.2 Å². The molecule has 1 aromatic heterocycles. The van der Waals surface area contributed by atoms with Gasteiger partial charge in [0, 0.05) is 18.6 Å². The van der Waals surface area contributed by atoms with Crippen LogP contribution in [0.15, 0.2) is 22.6 Å². The Bertz CT molecular complexity index is 917. The highest BCUT2D eigenvalue weighted by Crippen LogP contribution is 2.31. The lowest BCUT2D eigenvalue weighted by molar-refractivity contribution is -0.163. The summed E-state index contributed by atoms with van der Waals surface area (Å²) in [6.45, 7) is 11.1. The Labute approximate surface area is 191 Å². The van der Waals surface area contributed by atoms with E-state index in [1.165, 1.54) is 11.1 Å². The van der Waals surface area contributed by atoms with E-state index in [-0.39, 0.29) is 0 Å². The van der Waals surface area contributed by atoms with E-state index >= 15 is 0 Å². The van der Waals surface area contributed by atoms with Crippen molar-refractivity contribution in [3.63, 3.8) is 0 Å². The van der Waals surface area contributed by atoms with Gasteiger partial charge in [0.1, 0.15) is 11.5 Å². The van der Waals surface area contributed by atoms with E-state index in [0.717, 1.165) is 49.1 Å². The predicted molar refractivity (Wildman–Crippen MR) is 124 cm³/mol. The van der Waals surface area contributed by atoms with Crippen LogP contribution in [0.25, 0.3) is 11.5 Å². The molecule has 6 nitrogen and oxygen atoms in total. The Hall–Kier alpha value is -2.18. The lowest BCUT2D eigenvalue weighted by Gasteiger charge is -2.31. The van der Waals surface area contributed by atoms with Gasteiger partial charge in [0.05, 0.1) is 13.2 Å². The van der Waals surface area contributed by atoms with Crippen LogP contribution < -0.4 is 0 Å². The van der Waals surface area contributed by atoms with Gasteiger partial charge in [-0.1, -0.05) is 19.4 Å². The number of carboxylic acid groups (broad SMARTS) is 1. The minimum absolute atomic E-state index is 0.380. The summed E-state index contributed by atoms with van der Waals surface area (Å²) < 4.78 is 17.8. The second-order valence-electron chi connectivity index (χ2n) is 9.58. The number of nitrogens with zero attached hydrogens (tertiary/aromatic N) is 1. The van der Waals surface area contributed by atoms with E-state index in [2.05, 4.69) is 32.9 Å². The van der Waals surface area contributed by atoms with E-state index in [0.29, 0.717) is 37.5 Å². The number of aromatic nitrogens is 1. The molecule has 1 N–H and O–H groups in total. The monoisotopic (exact) mass is 443 g/mol. The fourth-order valence-electron chi connectivity index (χ4n) is 4.19. The second kappa shape index (κ2) is 10.6. The number of rotatable bonds is 10. The summed E-state index contributed by atoms with van der Waals surface area (Å²) in [5.74, 6) is 1.45. The molecule has 2 atom stereocenters. The summed E-state index contributed by atoms with van der Waals surface area (Å²) in [6.07, 6.45) is 5.11. The van der Waals surface area contributed by atoms with Crippen LogP contribution in [0.1, 0.15) is 69.0 Å². The van der Waals surface area contributed by atoms with Crippen LogP contribution in [0, 0.1) is 25.7 Å². The van der Waals surface area contributed by atoms with Crippen LogP contribution in [0.5, 0.6) is 0 Å². The van der Waals surface area contributed by atoms with E-state index in [4.69, 9.17) is 18.9 Å². The molecule has 1 aromatic carbocycles. The third kappa shape index (κ3) is 6.20. The minimum Gasteiger partial charge on any atom is -0.479 e. The maximum atomic E-state index is 11.3. The van der Waals surface area contributed by atoms with Gasteiger partial charge in [0.25, 0.3) is 0 Å². The molecule has 3 rings (SSSR count). The first-order chi connectivity index (χ1) is 15.2. The number of benzene rings is 1. The van der Waals surface area contributed by atoms with Gasteiger partial charge in [-0.25, -0.2) is 9.78 Å². The average Bonchev–Trinajstić information content (AvgIpc) is 3.18. The standard InChI is InChI=1S/C26H37NO5/c1-6-23-22(27-24(32-23)21-11-10-17(2)18(3)12-21)16-30-14-19-8-7-9-20(13-19)15-31-26(4,5)25(28)29/h10-12,19-20H,6-9,13-16H2,1-5H3,(H,28,29)/t19-,20+/m0/s1. The molecule has 2 aromatic rings. The highest BCUT2D eigenvalue weighted by molar-refractivity contribution is 5.76. The molecule has 1 aliphatic carbocycles. The lowest BCUT2D eigenvalue weighted by atomic mass is 9.82. The van der Waals surface area contributed by atoms with Crippen LogP contribution in [0.3, 0.4) is 0 Å². The van der Waals surface area contributed by atoms with Crippen LogP contribution in [-0.4, -0.2) is 34.9 Å². The van der Waals surface area contributed by atoms with Gasteiger partial charge < -0.3 is 19.0 Å². The Kier molecular flexibility index (Phi) is 8.12. The third-order valence-electron chi connectivity index (χ3n) is 6.53. The largest absolute Gasteiger partial charge is 0.479 e. The highest BCUT2D eigenvalue weighted by Gasteiger charge is 2.30. The number of oxazole rings is 1. The quantitative estimate of drug-likeness (QED) is 0.505. The topological polar surface area (TPSA) is 81.8 Å². The molecule has 0 amide bonds. The van der Waals surface area contributed by atoms with Crippen LogP contribution >= 0.6 is 0 Å². The van der Waals surface area contributed by atoms with Gasteiger partial charge in [-0.3, -0.25) is 0 Å². The number of carbonyl (C=O) groups is 1. The minimum atomic E-state index is -1.14. The van der Waals surface area contributed by atoms with E-state index in [1.807, 2.05) is 6.07 Å². The average molecular weight is 444 g/mol. The van der Waals surface area contributed by atoms with Gasteiger partial charge in [-0.15, -0.1) is 0 Å². The molecule has 1 fully saturated rings. The molecule has 0 saturated heterocycles. The van der Waals surface area contributed by atoms with Crippen molar-refractivity contribution >= 4 is 5.97 Å². The SMILES string of the molecule is CCc1oc(-c2ccc(C)c(C)c2)nc1COC[C@H]1CCC[C@@H](COC(C)(C)C(=O)O)C1. The van der Waals surface area contributed by atoms with Gasteiger partial charge in [0.2, 0.25) is 5.89 Å². The zero-order chi connectivity index (χ0) is 23.3. The third-order valence-corrected chi connectivity index (χ3v) is 6.53. The molecule has 176 valence electrons. The number of aryl methyl sites for hydroxylation is 3. The zero-order valence-corrected chi connectivity index (χ0v) is 20.1. The highest BCUT2D eigenvalue weighted by atomic mass is 16.5. The number of aliphatic carboxylic acids is 1. The van der Waals surface area contributed by atoms with Crippen molar-refractivity contribution in [3.05, 3.63) is 40.8 Å². The summed E-state index contributed by atoms with van der Waals surface area (Å²) in [4.78, 5) is 16.0. The van der Waals surface area contributed by atoms with Crippen molar-refractivity contribution in [1.29, 1.82) is 0 Å². The maximum absolute atomic E-state index is 11.3. The Morgan fingerprint density at radius 3 is 2.56 bits per heavy atom. The maximum Gasteiger partial charge on any atom is 0.335 e. The van der Waals surface area contributed by atoms with Crippen molar-refractivity contribution in [1.82, 2.24) is 4.98 Å². The fraction of sp³-hybridized carbons (Fsp3) is 0.615. The van der Waals surface area contributed by atoms with E-state index in [1.54, 1.807) is 13.8 Å². The lowest BCUT2D eigenvalue weighted by Crippen LogP contribution is -2.37. The fourth-order valence-corrected chi connectivity index (χ4v) is 4.19. The number of hydrogen-bond donors (Lipinski definition) is 1. The summed E-state index contributed by atoms with van der Waals surface area (Å²) >= 11 is 0. The zero-order valence-electron chi connectivity index (χ0n) is 20.1. The molecular weight excluding hydrogens is 406 g/mol. The molecule has 1 heterocycles. The summed E-state index contributed by atoms with van der Waals surface area (Å²) in [7, 11) is 0. The molecule has 6 heteroatoms. The Morgan fingerprint density at radius 2 is 1.91 bits per heavy atom. The van der Waals surface area contributed by atoms with E-state index in [9.17, 15) is 9.90 Å². The molecule has 1 saturated carbocycles. The first-order valence-corrected chi connectivity index (χ1v) is 11.7. The van der Waals surface area contributed by atoms with Gasteiger partial charge in [-0.2, -0.15) is 0 Å². The van der Waals surface area contributed by atoms with Crippen molar-refractivity contribution in [2.45, 2.75) is 78.9 Å². The van der Waals surface area contributed by atoms with Gasteiger partial charge in [-0.05, 0) is 82.1 Å². The molecule has 0 aliphatic heterocycles. The Morgan fingerprint density at radius 1 is 1.19 bits per heavy atom. The van der Waals surface area contributed by atoms with Crippen molar-refractivity contribution in [2.24, 2.45) is 11.8 Å². The van der Waals surface area contributed by atoms with Crippen molar-refractivity contribution < 1.29 is 23.8 Å². The molecule has 0 spiro atoms. The normalized spacial score (nSPS) is 19.3. The molecule has 0 radical (unpaired) electrons. The summed E-state index contributed by atoms with van der Waals surface area (Å²) in [5, 5.41) is 9.23. The molecule has 1 aliphatic rings. The first kappa shape index (κ1) is 24.5. The number of carboxylic acids is 1.